The molecule has 3 rings (SSSR count). The van der Waals surface area contributed by atoms with Crippen LogP contribution in [0.2, 0.25) is 0 Å². The molecule has 1 heterocycles. The maximum absolute atomic E-state index is 12.3. The molecule has 0 aliphatic carbocycles. The number of carbonyl (C=O) groups excluding carboxylic acids is 2. The lowest BCUT2D eigenvalue weighted by molar-refractivity contribution is -0.121. The Balaban J connectivity index is 1.55. The molecule has 148 valence electrons. The number of amides is 2. The first kappa shape index (κ1) is 19.9. The second-order valence-corrected chi connectivity index (χ2v) is 7.33. The Bertz CT molecular complexity index is 811. The Morgan fingerprint density at radius 2 is 1.71 bits per heavy atom. The van der Waals surface area contributed by atoms with Gasteiger partial charge < -0.3 is 15.1 Å². The van der Waals surface area contributed by atoms with Crippen LogP contribution in [0.25, 0.3) is 0 Å². The number of nitrogens with one attached hydrogen (secondary N) is 1. The summed E-state index contributed by atoms with van der Waals surface area (Å²) in [5.74, 6) is -0.108. The summed E-state index contributed by atoms with van der Waals surface area (Å²) in [7, 11) is 0. The number of aryl methyl sites for hydroxylation is 1. The number of anilines is 2. The summed E-state index contributed by atoms with van der Waals surface area (Å²) in [6, 6.07) is 16.1. The van der Waals surface area contributed by atoms with Crippen molar-refractivity contribution in [3.8, 4) is 0 Å². The van der Waals surface area contributed by atoms with Crippen molar-refractivity contribution in [3.05, 3.63) is 59.7 Å². The minimum atomic E-state index is -0.0550. The van der Waals surface area contributed by atoms with Crippen LogP contribution >= 0.6 is 0 Å². The summed E-state index contributed by atoms with van der Waals surface area (Å²) in [5, 5.41) is 2.95. The monoisotopic (exact) mass is 379 g/mol. The number of rotatable bonds is 7. The molecule has 0 saturated carbocycles. The molecule has 1 aliphatic heterocycles. The molecule has 1 aliphatic rings. The van der Waals surface area contributed by atoms with Crippen molar-refractivity contribution in [2.24, 2.45) is 0 Å². The van der Waals surface area contributed by atoms with Gasteiger partial charge in [0.15, 0.2) is 0 Å². The highest BCUT2D eigenvalue weighted by atomic mass is 16.2. The van der Waals surface area contributed by atoms with E-state index in [0.717, 1.165) is 29.9 Å². The molecule has 5 nitrogen and oxygen atoms in total. The molecule has 0 bridgehead atoms. The number of hydrogen-bond donors (Lipinski definition) is 1. The zero-order valence-electron chi connectivity index (χ0n) is 16.8. The molecular formula is C23H29N3O2. The van der Waals surface area contributed by atoms with Crippen LogP contribution in [0.4, 0.5) is 11.4 Å². The fourth-order valence-corrected chi connectivity index (χ4v) is 3.59. The van der Waals surface area contributed by atoms with E-state index in [1.54, 1.807) is 11.8 Å². The van der Waals surface area contributed by atoms with Gasteiger partial charge in [0.2, 0.25) is 11.8 Å². The van der Waals surface area contributed by atoms with Crippen LogP contribution in [0.15, 0.2) is 48.5 Å². The van der Waals surface area contributed by atoms with Crippen molar-refractivity contribution >= 4 is 23.2 Å². The standard InChI is InChI=1S/C23H29N3O2/c1-18-7-3-4-8-20(18)17-24-23(28)13-16-26(19(2)27)22-11-9-21(10-12-22)25-14-5-6-15-25/h3-4,7-12H,5-6,13-17H2,1-2H3,(H,24,28). The van der Waals surface area contributed by atoms with Crippen LogP contribution in [0.1, 0.15) is 37.3 Å². The van der Waals surface area contributed by atoms with E-state index in [-0.39, 0.29) is 18.2 Å². The minimum absolute atomic E-state index is 0.0526. The quantitative estimate of drug-likeness (QED) is 0.799. The maximum Gasteiger partial charge on any atom is 0.223 e. The highest BCUT2D eigenvalue weighted by Gasteiger charge is 2.16. The summed E-state index contributed by atoms with van der Waals surface area (Å²) >= 11 is 0. The Morgan fingerprint density at radius 1 is 1.04 bits per heavy atom. The molecule has 1 fully saturated rings. The number of carbonyl (C=O) groups is 2. The van der Waals surface area contributed by atoms with Crippen molar-refractivity contribution in [1.29, 1.82) is 0 Å². The van der Waals surface area contributed by atoms with Crippen molar-refractivity contribution in [1.82, 2.24) is 5.32 Å². The van der Waals surface area contributed by atoms with Gasteiger partial charge >= 0.3 is 0 Å². The van der Waals surface area contributed by atoms with Crippen LogP contribution in [0, 0.1) is 6.92 Å². The molecule has 2 aromatic carbocycles. The largest absolute Gasteiger partial charge is 0.372 e. The van der Waals surface area contributed by atoms with E-state index in [0.29, 0.717) is 13.1 Å². The summed E-state index contributed by atoms with van der Waals surface area (Å²) in [6.45, 7) is 6.65. The second kappa shape index (κ2) is 9.40. The average molecular weight is 380 g/mol. The Hall–Kier alpha value is -2.82. The van der Waals surface area contributed by atoms with Gasteiger partial charge in [-0.25, -0.2) is 0 Å². The summed E-state index contributed by atoms with van der Waals surface area (Å²) in [4.78, 5) is 28.4. The SMILES string of the molecule is CC(=O)N(CCC(=O)NCc1ccccc1C)c1ccc(N2CCCC2)cc1. The smallest absolute Gasteiger partial charge is 0.223 e. The van der Waals surface area contributed by atoms with E-state index in [1.165, 1.54) is 18.5 Å². The van der Waals surface area contributed by atoms with Crippen molar-refractivity contribution in [2.75, 3.05) is 29.4 Å². The zero-order valence-corrected chi connectivity index (χ0v) is 16.8. The van der Waals surface area contributed by atoms with Gasteiger partial charge in [-0.05, 0) is 55.2 Å². The highest BCUT2D eigenvalue weighted by molar-refractivity contribution is 5.92. The predicted octanol–water partition coefficient (Wildman–Crippen LogP) is 3.65. The van der Waals surface area contributed by atoms with Crippen molar-refractivity contribution in [3.63, 3.8) is 0 Å². The first-order chi connectivity index (χ1) is 13.5. The third-order valence-corrected chi connectivity index (χ3v) is 5.31. The van der Waals surface area contributed by atoms with Crippen LogP contribution in [0.3, 0.4) is 0 Å². The van der Waals surface area contributed by atoms with E-state index >= 15 is 0 Å². The molecule has 0 unspecified atom stereocenters. The van der Waals surface area contributed by atoms with E-state index in [4.69, 9.17) is 0 Å². The van der Waals surface area contributed by atoms with E-state index in [2.05, 4.69) is 22.3 Å². The summed E-state index contributed by atoms with van der Waals surface area (Å²) < 4.78 is 0. The Labute approximate surface area is 167 Å². The van der Waals surface area contributed by atoms with Crippen LogP contribution in [-0.2, 0) is 16.1 Å². The zero-order chi connectivity index (χ0) is 19.9. The third kappa shape index (κ3) is 5.12. The molecule has 2 aromatic rings. The van der Waals surface area contributed by atoms with E-state index in [1.807, 2.05) is 43.3 Å². The molecule has 0 spiro atoms. The highest BCUT2D eigenvalue weighted by Crippen LogP contribution is 2.24. The fourth-order valence-electron chi connectivity index (χ4n) is 3.59. The molecule has 0 radical (unpaired) electrons. The Morgan fingerprint density at radius 3 is 2.36 bits per heavy atom. The molecule has 28 heavy (non-hydrogen) atoms. The lowest BCUT2D eigenvalue weighted by Gasteiger charge is -2.23. The first-order valence-corrected chi connectivity index (χ1v) is 9.99. The molecule has 5 heteroatoms. The summed E-state index contributed by atoms with van der Waals surface area (Å²) in [6.07, 6.45) is 2.75. The molecule has 1 saturated heterocycles. The van der Waals surface area contributed by atoms with Gasteiger partial charge in [0.1, 0.15) is 0 Å². The molecule has 2 amide bonds. The van der Waals surface area contributed by atoms with Gasteiger partial charge in [0.05, 0.1) is 0 Å². The second-order valence-electron chi connectivity index (χ2n) is 7.33. The minimum Gasteiger partial charge on any atom is -0.372 e. The predicted molar refractivity (Wildman–Crippen MR) is 114 cm³/mol. The van der Waals surface area contributed by atoms with E-state index < -0.39 is 0 Å². The number of nitrogens with zero attached hydrogens (tertiary/aromatic N) is 2. The molecule has 0 atom stereocenters. The van der Waals surface area contributed by atoms with Crippen molar-refractivity contribution < 1.29 is 9.59 Å². The van der Waals surface area contributed by atoms with Gasteiger partial charge in [-0.15, -0.1) is 0 Å². The third-order valence-electron chi connectivity index (χ3n) is 5.31. The van der Waals surface area contributed by atoms with Crippen LogP contribution < -0.4 is 15.1 Å². The molecular weight excluding hydrogens is 350 g/mol. The molecule has 0 aromatic heterocycles. The topological polar surface area (TPSA) is 52.7 Å². The molecule has 1 N–H and O–H groups in total. The number of benzene rings is 2. The summed E-state index contributed by atoms with van der Waals surface area (Å²) in [5.41, 5.74) is 4.30. The van der Waals surface area contributed by atoms with Gasteiger partial charge in [-0.1, -0.05) is 24.3 Å². The maximum atomic E-state index is 12.3. The van der Waals surface area contributed by atoms with Gasteiger partial charge in [-0.3, -0.25) is 9.59 Å². The average Bonchev–Trinajstić information content (AvgIpc) is 3.22. The van der Waals surface area contributed by atoms with Gasteiger partial charge in [-0.2, -0.15) is 0 Å². The number of hydrogen-bond acceptors (Lipinski definition) is 3. The Kier molecular flexibility index (Phi) is 6.69. The van der Waals surface area contributed by atoms with Crippen molar-refractivity contribution in [2.45, 2.75) is 39.7 Å². The van der Waals surface area contributed by atoms with Crippen LogP contribution in [0.5, 0.6) is 0 Å². The lowest BCUT2D eigenvalue weighted by atomic mass is 10.1. The normalized spacial score (nSPS) is 13.4. The van der Waals surface area contributed by atoms with Gasteiger partial charge in [0, 0.05) is 50.9 Å². The fraction of sp³-hybridized carbons (Fsp3) is 0.391. The van der Waals surface area contributed by atoms with Crippen LogP contribution in [-0.4, -0.2) is 31.4 Å². The van der Waals surface area contributed by atoms with E-state index in [9.17, 15) is 9.59 Å². The lowest BCUT2D eigenvalue weighted by Crippen LogP contribution is -2.33. The first-order valence-electron chi connectivity index (χ1n) is 9.99. The van der Waals surface area contributed by atoms with Gasteiger partial charge in [0.25, 0.3) is 0 Å².